The van der Waals surface area contributed by atoms with Crippen LogP contribution < -0.4 is 16.0 Å². The van der Waals surface area contributed by atoms with Gasteiger partial charge in [0, 0.05) is 6.54 Å². The van der Waals surface area contributed by atoms with Crippen molar-refractivity contribution in [2.45, 2.75) is 26.1 Å². The smallest absolute Gasteiger partial charge is 0.315 e. The third-order valence-electron chi connectivity index (χ3n) is 3.12. The van der Waals surface area contributed by atoms with Crippen molar-refractivity contribution < 1.29 is 18.4 Å². The molecule has 0 unspecified atom stereocenters. The van der Waals surface area contributed by atoms with Gasteiger partial charge in [0.2, 0.25) is 5.91 Å². The van der Waals surface area contributed by atoms with Crippen LogP contribution in [0, 0.1) is 5.82 Å². The molecule has 6 nitrogen and oxygen atoms in total. The van der Waals surface area contributed by atoms with Gasteiger partial charge >= 0.3 is 6.03 Å². The number of hydrogen-bond donors (Lipinski definition) is 3. The van der Waals surface area contributed by atoms with E-state index in [0.29, 0.717) is 5.76 Å². The second-order valence-corrected chi connectivity index (χ2v) is 4.97. The third kappa shape index (κ3) is 5.46. The van der Waals surface area contributed by atoms with Crippen molar-refractivity contribution in [2.24, 2.45) is 0 Å². The van der Waals surface area contributed by atoms with E-state index in [9.17, 15) is 14.0 Å². The van der Waals surface area contributed by atoms with Crippen LogP contribution in [0.5, 0.6) is 0 Å². The van der Waals surface area contributed by atoms with Gasteiger partial charge in [-0.3, -0.25) is 4.79 Å². The quantitative estimate of drug-likeness (QED) is 0.760. The maximum atomic E-state index is 12.8. The molecule has 0 aliphatic carbocycles. The minimum absolute atomic E-state index is 0.243. The van der Waals surface area contributed by atoms with Crippen molar-refractivity contribution in [1.82, 2.24) is 16.0 Å². The lowest BCUT2D eigenvalue weighted by Gasteiger charge is -2.14. The number of benzene rings is 1. The Bertz CT molecular complexity index is 641. The highest BCUT2D eigenvalue weighted by molar-refractivity contribution is 5.86. The van der Waals surface area contributed by atoms with Crippen molar-refractivity contribution in [3.63, 3.8) is 0 Å². The van der Waals surface area contributed by atoms with Crippen molar-refractivity contribution in [3.8, 4) is 0 Å². The Hall–Kier alpha value is -2.83. The van der Waals surface area contributed by atoms with Gasteiger partial charge in [-0.25, -0.2) is 9.18 Å². The largest absolute Gasteiger partial charge is 0.467 e. The molecule has 0 spiro atoms. The Balaban J connectivity index is 1.71. The van der Waals surface area contributed by atoms with Gasteiger partial charge in [-0.15, -0.1) is 0 Å². The number of carbonyl (C=O) groups excluding carboxylic acids is 2. The molecular weight excluding hydrogens is 301 g/mol. The molecule has 1 aromatic carbocycles. The van der Waals surface area contributed by atoms with Crippen LogP contribution in [0.2, 0.25) is 0 Å². The van der Waals surface area contributed by atoms with Gasteiger partial charge in [-0.05, 0) is 36.8 Å². The summed E-state index contributed by atoms with van der Waals surface area (Å²) in [5.41, 5.74) is 0.761. The summed E-state index contributed by atoms with van der Waals surface area (Å²) in [7, 11) is 0. The van der Waals surface area contributed by atoms with E-state index in [1.165, 1.54) is 18.4 Å². The number of furan rings is 1. The lowest BCUT2D eigenvalue weighted by molar-refractivity contribution is -0.122. The van der Waals surface area contributed by atoms with Crippen LogP contribution in [-0.4, -0.2) is 18.0 Å². The van der Waals surface area contributed by atoms with Crippen molar-refractivity contribution in [1.29, 1.82) is 0 Å². The number of amides is 3. The molecule has 0 bridgehead atoms. The minimum atomic E-state index is -0.696. The molecule has 122 valence electrons. The summed E-state index contributed by atoms with van der Waals surface area (Å²) in [6.07, 6.45) is 1.52. The van der Waals surface area contributed by atoms with E-state index < -0.39 is 12.1 Å². The van der Waals surface area contributed by atoms with Crippen molar-refractivity contribution >= 4 is 11.9 Å². The van der Waals surface area contributed by atoms with Gasteiger partial charge < -0.3 is 20.4 Å². The van der Waals surface area contributed by atoms with E-state index in [4.69, 9.17) is 4.42 Å². The fourth-order valence-corrected chi connectivity index (χ4v) is 1.84. The van der Waals surface area contributed by atoms with E-state index >= 15 is 0 Å². The lowest BCUT2D eigenvalue weighted by atomic mass is 10.2. The Labute approximate surface area is 133 Å². The molecule has 1 aromatic heterocycles. The average Bonchev–Trinajstić information content (AvgIpc) is 3.05. The van der Waals surface area contributed by atoms with Crippen LogP contribution in [0.1, 0.15) is 18.2 Å². The normalized spacial score (nSPS) is 11.6. The summed E-state index contributed by atoms with van der Waals surface area (Å²) >= 11 is 0. The molecule has 0 aliphatic rings. The van der Waals surface area contributed by atoms with Gasteiger partial charge in [-0.2, -0.15) is 0 Å². The van der Waals surface area contributed by atoms with E-state index in [1.54, 1.807) is 31.2 Å². The zero-order chi connectivity index (χ0) is 16.7. The zero-order valence-corrected chi connectivity index (χ0v) is 12.6. The average molecular weight is 319 g/mol. The zero-order valence-electron chi connectivity index (χ0n) is 12.6. The number of urea groups is 1. The van der Waals surface area contributed by atoms with Crippen molar-refractivity contribution in [2.75, 3.05) is 0 Å². The monoisotopic (exact) mass is 319 g/mol. The Kier molecular flexibility index (Phi) is 5.74. The van der Waals surface area contributed by atoms with Crippen LogP contribution >= 0.6 is 0 Å². The first-order chi connectivity index (χ1) is 11.0. The molecule has 0 saturated carbocycles. The molecule has 23 heavy (non-hydrogen) atoms. The molecule has 0 fully saturated rings. The minimum Gasteiger partial charge on any atom is -0.467 e. The topological polar surface area (TPSA) is 83.4 Å². The summed E-state index contributed by atoms with van der Waals surface area (Å²) in [5.74, 6) is -0.0234. The molecule has 2 aromatic rings. The van der Waals surface area contributed by atoms with Gasteiger partial charge in [-0.1, -0.05) is 12.1 Å². The maximum Gasteiger partial charge on any atom is 0.315 e. The number of hydrogen-bond acceptors (Lipinski definition) is 3. The standard InChI is InChI=1S/C16H18FN3O3/c1-11(15(21)18-10-14-3-2-8-23-14)20-16(22)19-9-12-4-6-13(17)7-5-12/h2-8,11H,9-10H2,1H3,(H,18,21)(H2,19,20,22)/t11-/m1/s1. The molecule has 0 saturated heterocycles. The molecule has 0 radical (unpaired) electrons. The fourth-order valence-electron chi connectivity index (χ4n) is 1.84. The van der Waals surface area contributed by atoms with Gasteiger partial charge in [0.25, 0.3) is 0 Å². The predicted octanol–water partition coefficient (Wildman–Crippen LogP) is 1.92. The van der Waals surface area contributed by atoms with Crippen LogP contribution in [-0.2, 0) is 17.9 Å². The first kappa shape index (κ1) is 16.5. The van der Waals surface area contributed by atoms with E-state index in [0.717, 1.165) is 5.56 Å². The lowest BCUT2D eigenvalue weighted by Crippen LogP contribution is -2.48. The van der Waals surface area contributed by atoms with E-state index in [-0.39, 0.29) is 24.8 Å². The third-order valence-corrected chi connectivity index (χ3v) is 3.12. The molecule has 0 aliphatic heterocycles. The number of halogens is 1. The summed E-state index contributed by atoms with van der Waals surface area (Å²) in [4.78, 5) is 23.6. The molecular formula is C16H18FN3O3. The van der Waals surface area contributed by atoms with Crippen LogP contribution in [0.4, 0.5) is 9.18 Å². The second kappa shape index (κ2) is 7.98. The van der Waals surface area contributed by atoms with E-state index in [2.05, 4.69) is 16.0 Å². The van der Waals surface area contributed by atoms with Gasteiger partial charge in [0.15, 0.2) is 0 Å². The Morgan fingerprint density at radius 2 is 1.87 bits per heavy atom. The summed E-state index contributed by atoms with van der Waals surface area (Å²) in [5, 5.41) is 7.78. The molecule has 1 atom stereocenters. The molecule has 7 heteroatoms. The summed E-state index contributed by atoms with van der Waals surface area (Å²) in [6.45, 7) is 2.08. The first-order valence-electron chi connectivity index (χ1n) is 7.13. The van der Waals surface area contributed by atoms with Crippen LogP contribution in [0.3, 0.4) is 0 Å². The summed E-state index contributed by atoms with van der Waals surface area (Å²) in [6, 6.07) is 8.09. The predicted molar refractivity (Wildman–Crippen MR) is 81.8 cm³/mol. The Morgan fingerprint density at radius 3 is 2.52 bits per heavy atom. The van der Waals surface area contributed by atoms with Gasteiger partial charge in [0.05, 0.1) is 12.8 Å². The number of rotatable bonds is 6. The summed E-state index contributed by atoms with van der Waals surface area (Å²) < 4.78 is 17.9. The van der Waals surface area contributed by atoms with Gasteiger partial charge in [0.1, 0.15) is 17.6 Å². The first-order valence-corrected chi connectivity index (χ1v) is 7.13. The fraction of sp³-hybridized carbons (Fsp3) is 0.250. The maximum absolute atomic E-state index is 12.8. The van der Waals surface area contributed by atoms with E-state index in [1.807, 2.05) is 0 Å². The van der Waals surface area contributed by atoms with Crippen LogP contribution in [0.15, 0.2) is 47.1 Å². The highest BCUT2D eigenvalue weighted by atomic mass is 19.1. The second-order valence-electron chi connectivity index (χ2n) is 4.97. The molecule has 3 N–H and O–H groups in total. The number of nitrogens with one attached hydrogen (secondary N) is 3. The highest BCUT2D eigenvalue weighted by Crippen LogP contribution is 2.02. The van der Waals surface area contributed by atoms with Crippen LogP contribution in [0.25, 0.3) is 0 Å². The number of carbonyl (C=O) groups is 2. The molecule has 1 heterocycles. The Morgan fingerprint density at radius 1 is 1.13 bits per heavy atom. The van der Waals surface area contributed by atoms with Crippen molar-refractivity contribution in [3.05, 3.63) is 59.8 Å². The SMILES string of the molecule is C[C@@H](NC(=O)NCc1ccc(F)cc1)C(=O)NCc1ccco1. The molecule has 2 rings (SSSR count). The molecule has 3 amide bonds. The highest BCUT2D eigenvalue weighted by Gasteiger charge is 2.15.